The van der Waals surface area contributed by atoms with E-state index in [9.17, 15) is 57.5 Å². The molecule has 0 unspecified atom stereocenters. The number of esters is 12. The smallest absolute Gasteiger partial charge is 0.335 e. The van der Waals surface area contributed by atoms with E-state index >= 15 is 0 Å². The Morgan fingerprint density at radius 3 is 0.618 bits per heavy atom. The Hall–Kier alpha value is -14.2. The summed E-state index contributed by atoms with van der Waals surface area (Å²) in [5.74, 6) is -4.10. The van der Waals surface area contributed by atoms with Crippen LogP contribution < -0.4 is 28.4 Å². The molecule has 24 nitrogen and oxygen atoms in total. The van der Waals surface area contributed by atoms with Crippen LogP contribution in [0.25, 0.3) is 0 Å². The van der Waals surface area contributed by atoms with E-state index in [2.05, 4.69) is 78.9 Å². The van der Waals surface area contributed by atoms with Gasteiger partial charge in [-0.25, -0.2) is 57.5 Å². The molecular weight excluding hydrogens is 1320 g/mol. The first-order chi connectivity index (χ1) is 48.9. The minimum atomic E-state index is -0.577. The summed E-state index contributed by atoms with van der Waals surface area (Å²) in [5.41, 5.74) is 4.84. The number of rotatable bonds is 30. The van der Waals surface area contributed by atoms with Gasteiger partial charge in [-0.3, -0.25) is 0 Å². The van der Waals surface area contributed by atoms with Gasteiger partial charge in [0.15, 0.2) is 0 Å². The third kappa shape index (κ3) is 40.3. The number of hydrogen-bond acceptors (Lipinski definition) is 24. The number of hydrogen-bond donors (Lipinski definition) is 0. The van der Waals surface area contributed by atoms with Crippen molar-refractivity contribution in [1.82, 2.24) is 0 Å². The molecule has 0 heterocycles. The van der Waals surface area contributed by atoms with Crippen LogP contribution in [0.5, 0.6) is 34.5 Å². The van der Waals surface area contributed by atoms with Crippen molar-refractivity contribution in [2.24, 2.45) is 0 Å². The molecule has 0 atom stereocenters. The monoisotopic (exact) mass is 1390 g/mol. The van der Waals surface area contributed by atoms with E-state index in [1.165, 1.54) is 30.3 Å². The van der Waals surface area contributed by atoms with Crippen LogP contribution >= 0.6 is 0 Å². The molecule has 0 amide bonds. The Morgan fingerprint density at radius 1 is 0.196 bits per heavy atom. The minimum absolute atomic E-state index is 0.102. The maximum absolute atomic E-state index is 11.0. The summed E-state index contributed by atoms with van der Waals surface area (Å²) in [5, 5.41) is 0. The normalized spacial score (nSPS) is 9.18. The third-order valence-electron chi connectivity index (χ3n) is 11.1. The zero-order valence-corrected chi connectivity index (χ0v) is 55.3. The van der Waals surface area contributed by atoms with Crippen molar-refractivity contribution < 1.29 is 114 Å². The second kappa shape index (κ2) is 51.2. The van der Waals surface area contributed by atoms with Crippen LogP contribution in [0, 0.1) is 0 Å². The fraction of sp³-hybridized carbons (Fsp3) is 0.0769. The Labute approximate surface area is 588 Å². The van der Waals surface area contributed by atoms with Gasteiger partial charge in [-0.05, 0) is 100 Å². The van der Waals surface area contributed by atoms with E-state index in [1.54, 1.807) is 103 Å². The molecule has 528 valence electrons. The molecule has 0 saturated heterocycles. The van der Waals surface area contributed by atoms with Crippen LogP contribution in [0.4, 0.5) is 0 Å². The number of carbonyl (C=O) groups is 12. The van der Waals surface area contributed by atoms with Crippen molar-refractivity contribution in [1.29, 1.82) is 0 Å². The summed E-state index contributed by atoms with van der Waals surface area (Å²) in [7, 11) is 0. The lowest BCUT2D eigenvalue weighted by Gasteiger charge is -2.06. The van der Waals surface area contributed by atoms with Gasteiger partial charge in [0.25, 0.3) is 0 Å². The van der Waals surface area contributed by atoms with Gasteiger partial charge in [-0.1, -0.05) is 152 Å². The standard InChI is InChI=1S/2C14H14O4.2C13H12O4.2C12H10O4/c1-3-13(15)17-9-11-5-7-12(8-6-11)10-18-14(16)4-2;1-3-13(15)17-9-11-6-5-7-12(8-11)10-18-14(16)4-2;1-3-12(14)16-9-10-5-7-11(8-6-10)17-13(15)4-2;1-3-12(14)16-9-10-6-5-7-11(8-10)17-13(15)4-2;1-3-11(13)15-9-5-7-10(8-6-9)16-12(14)4-2;1-3-11(13)15-9-6-5-7-10(8-9)16-12(14)4-2/h2*3-8H,1-2,9-10H2;2*3-8H,1-2,9H2;2*3-8H,1-2H2. The average Bonchev–Trinajstić information content (AvgIpc) is 1.07. The summed E-state index contributed by atoms with van der Waals surface area (Å²) in [4.78, 5) is 131. The van der Waals surface area contributed by atoms with Gasteiger partial charge in [0.1, 0.15) is 74.1 Å². The van der Waals surface area contributed by atoms with Crippen LogP contribution in [0.2, 0.25) is 0 Å². The molecule has 0 fully saturated rings. The summed E-state index contributed by atoms with van der Waals surface area (Å²) in [6.45, 7) is 40.4. The van der Waals surface area contributed by atoms with Gasteiger partial charge in [-0.15, -0.1) is 0 Å². The van der Waals surface area contributed by atoms with E-state index < -0.39 is 71.6 Å². The highest BCUT2D eigenvalue weighted by Crippen LogP contribution is 2.21. The Balaban J connectivity index is 0.000000612. The lowest BCUT2D eigenvalue weighted by atomic mass is 10.1. The zero-order chi connectivity index (χ0) is 76.0. The number of carbonyl (C=O) groups excluding carboxylic acids is 12. The van der Waals surface area contributed by atoms with E-state index in [1.807, 2.05) is 12.1 Å². The Morgan fingerprint density at radius 2 is 0.373 bits per heavy atom. The zero-order valence-electron chi connectivity index (χ0n) is 55.3. The van der Waals surface area contributed by atoms with E-state index in [0.717, 1.165) is 106 Å². The van der Waals surface area contributed by atoms with Gasteiger partial charge in [0, 0.05) is 79.0 Å². The first-order valence-electron chi connectivity index (χ1n) is 29.3. The second-order valence-corrected chi connectivity index (χ2v) is 18.5. The lowest BCUT2D eigenvalue weighted by Crippen LogP contribution is -2.05. The van der Waals surface area contributed by atoms with Crippen molar-refractivity contribution in [2.75, 3.05) is 0 Å². The van der Waals surface area contributed by atoms with E-state index in [0.29, 0.717) is 23.0 Å². The highest BCUT2D eigenvalue weighted by atomic mass is 16.6. The molecular formula is C78H72O24. The van der Waals surface area contributed by atoms with Crippen LogP contribution in [-0.2, 0) is 126 Å². The van der Waals surface area contributed by atoms with Crippen molar-refractivity contribution in [2.45, 2.75) is 39.6 Å². The molecule has 6 rings (SSSR count). The predicted molar refractivity (Wildman–Crippen MR) is 374 cm³/mol. The Bertz CT molecular complexity index is 3800. The minimum Gasteiger partial charge on any atom is -0.458 e. The van der Waals surface area contributed by atoms with Gasteiger partial charge in [0.05, 0.1) is 0 Å². The van der Waals surface area contributed by atoms with Gasteiger partial charge >= 0.3 is 71.6 Å². The van der Waals surface area contributed by atoms with Gasteiger partial charge in [0.2, 0.25) is 0 Å². The molecule has 0 saturated carbocycles. The molecule has 0 aliphatic carbocycles. The molecule has 6 aromatic carbocycles. The average molecular weight is 1390 g/mol. The topological polar surface area (TPSA) is 316 Å². The number of ether oxygens (including phenoxy) is 12. The molecule has 0 radical (unpaired) electrons. The molecule has 0 aromatic heterocycles. The predicted octanol–water partition coefficient (Wildman–Crippen LogP) is 12.0. The first-order valence-corrected chi connectivity index (χ1v) is 29.3. The maximum Gasteiger partial charge on any atom is 0.335 e. The molecule has 6 aromatic rings. The van der Waals surface area contributed by atoms with Crippen molar-refractivity contribution in [3.63, 3.8) is 0 Å². The van der Waals surface area contributed by atoms with Crippen molar-refractivity contribution in [3.05, 3.63) is 331 Å². The first kappa shape index (κ1) is 85.9. The summed E-state index contributed by atoms with van der Waals surface area (Å²) in [6, 6.07) is 39.9. The van der Waals surface area contributed by atoms with Crippen molar-refractivity contribution >= 4 is 71.6 Å². The molecule has 0 aliphatic heterocycles. The van der Waals surface area contributed by atoms with Gasteiger partial charge in [-0.2, -0.15) is 0 Å². The highest BCUT2D eigenvalue weighted by molar-refractivity contribution is 5.87. The molecule has 24 heteroatoms. The largest absolute Gasteiger partial charge is 0.458 e. The molecule has 0 aliphatic rings. The molecule has 0 N–H and O–H groups in total. The van der Waals surface area contributed by atoms with Gasteiger partial charge < -0.3 is 56.8 Å². The van der Waals surface area contributed by atoms with Crippen LogP contribution in [0.1, 0.15) is 33.4 Å². The van der Waals surface area contributed by atoms with Crippen molar-refractivity contribution in [3.8, 4) is 34.5 Å². The Kier molecular flexibility index (Phi) is 43.1. The third-order valence-corrected chi connectivity index (χ3v) is 11.1. The fourth-order valence-corrected chi connectivity index (χ4v) is 6.30. The molecule has 0 spiro atoms. The van der Waals surface area contributed by atoms with Crippen LogP contribution in [0.3, 0.4) is 0 Å². The SMILES string of the molecule is C=CC(=O)OCc1ccc(COC(=O)C=C)cc1.C=CC(=O)OCc1ccc(OC(=O)C=C)cc1.C=CC(=O)OCc1cccc(COC(=O)C=C)c1.C=CC(=O)OCc1cccc(OC(=O)C=C)c1.C=CC(=O)Oc1ccc(OC(=O)C=C)cc1.C=CC(=O)Oc1cccc(OC(=O)C=C)c1. The maximum atomic E-state index is 11.0. The van der Waals surface area contributed by atoms with E-state index in [4.69, 9.17) is 56.8 Å². The molecule has 102 heavy (non-hydrogen) atoms. The fourth-order valence-electron chi connectivity index (χ4n) is 6.30. The van der Waals surface area contributed by atoms with Crippen LogP contribution in [-0.4, -0.2) is 71.6 Å². The van der Waals surface area contributed by atoms with E-state index in [-0.39, 0.29) is 51.1 Å². The lowest BCUT2D eigenvalue weighted by molar-refractivity contribution is -0.140. The molecule has 0 bridgehead atoms. The van der Waals surface area contributed by atoms with Crippen LogP contribution in [0.15, 0.2) is 297 Å². The quantitative estimate of drug-likeness (QED) is 0.0175. The summed E-state index contributed by atoms with van der Waals surface area (Å²) < 4.78 is 58.4. The highest BCUT2D eigenvalue weighted by Gasteiger charge is 2.09. The summed E-state index contributed by atoms with van der Waals surface area (Å²) >= 11 is 0. The summed E-state index contributed by atoms with van der Waals surface area (Å²) in [6.07, 6.45) is 13.0. The number of benzene rings is 6. The second-order valence-electron chi connectivity index (χ2n) is 18.5.